The number of methoxy groups -OCH3 is 1. The minimum Gasteiger partial charge on any atom is -0.497 e. The first-order valence-electron chi connectivity index (χ1n) is 6.78. The Hall–Kier alpha value is -2.20. The molecule has 106 valence electrons. The Bertz CT molecular complexity index is 765. The summed E-state index contributed by atoms with van der Waals surface area (Å²) in [7, 11) is 1.65. The van der Waals surface area contributed by atoms with E-state index in [4.69, 9.17) is 4.74 Å². The second-order valence-electron chi connectivity index (χ2n) is 4.73. The third kappa shape index (κ3) is 3.11. The Labute approximate surface area is 127 Å². The average Bonchev–Trinajstić information content (AvgIpc) is 2.95. The maximum Gasteiger partial charge on any atom is 0.163 e. The number of hydrogen-bond donors (Lipinski definition) is 0. The lowest BCUT2D eigenvalue weighted by atomic mass is 10.1. The number of nitrogens with zero attached hydrogens (tertiary/aromatic N) is 1. The molecule has 0 atom stereocenters. The van der Waals surface area contributed by atoms with Gasteiger partial charge >= 0.3 is 0 Å². The van der Waals surface area contributed by atoms with Gasteiger partial charge in [0.05, 0.1) is 22.3 Å². The highest BCUT2D eigenvalue weighted by atomic mass is 32.1. The van der Waals surface area contributed by atoms with E-state index in [0.717, 1.165) is 26.5 Å². The molecule has 0 saturated carbocycles. The molecule has 3 nitrogen and oxygen atoms in total. The van der Waals surface area contributed by atoms with Gasteiger partial charge in [0.15, 0.2) is 5.78 Å². The van der Waals surface area contributed by atoms with E-state index >= 15 is 0 Å². The van der Waals surface area contributed by atoms with Gasteiger partial charge in [0.25, 0.3) is 0 Å². The molecule has 3 rings (SSSR count). The molecule has 0 spiro atoms. The minimum atomic E-state index is 0.160. The van der Waals surface area contributed by atoms with Gasteiger partial charge in [0.2, 0.25) is 0 Å². The van der Waals surface area contributed by atoms with Crippen LogP contribution in [0.2, 0.25) is 0 Å². The van der Waals surface area contributed by atoms with E-state index in [1.54, 1.807) is 18.4 Å². The number of fused-ring (bicyclic) bond motifs is 1. The Morgan fingerprint density at radius 3 is 2.76 bits per heavy atom. The number of ketones is 1. The molecule has 1 heterocycles. The van der Waals surface area contributed by atoms with Gasteiger partial charge in [-0.05, 0) is 18.2 Å². The van der Waals surface area contributed by atoms with Crippen LogP contribution in [-0.2, 0) is 6.42 Å². The molecule has 0 aliphatic carbocycles. The fraction of sp³-hybridized carbons (Fsp3) is 0.176. The molecule has 0 N–H and O–H groups in total. The van der Waals surface area contributed by atoms with Crippen LogP contribution in [0.4, 0.5) is 0 Å². The topological polar surface area (TPSA) is 39.2 Å². The maximum atomic E-state index is 12.1. The number of carbonyl (C=O) groups is 1. The molecule has 0 bridgehead atoms. The van der Waals surface area contributed by atoms with Crippen LogP contribution in [0.1, 0.15) is 21.8 Å². The normalized spacial score (nSPS) is 10.7. The van der Waals surface area contributed by atoms with Crippen molar-refractivity contribution in [3.8, 4) is 5.75 Å². The summed E-state index contributed by atoms with van der Waals surface area (Å²) in [6, 6.07) is 15.2. The number of hydrogen-bond acceptors (Lipinski definition) is 4. The zero-order valence-electron chi connectivity index (χ0n) is 11.7. The monoisotopic (exact) mass is 297 g/mol. The number of Topliss-reactive ketones (excluding diaryl/α,β-unsaturated/α-hetero) is 1. The van der Waals surface area contributed by atoms with Crippen LogP contribution in [0.15, 0.2) is 48.5 Å². The molecular weight excluding hydrogens is 282 g/mol. The number of ether oxygens (including phenoxy) is 1. The van der Waals surface area contributed by atoms with Gasteiger partial charge in [-0.15, -0.1) is 11.3 Å². The summed E-state index contributed by atoms with van der Waals surface area (Å²) in [5, 5.41) is 0.988. The van der Waals surface area contributed by atoms with E-state index < -0.39 is 0 Å². The van der Waals surface area contributed by atoms with Crippen molar-refractivity contribution in [1.82, 2.24) is 4.98 Å². The number of aryl methyl sites for hydroxylation is 1. The SMILES string of the molecule is COc1ccc2nc(CCC(=O)c3ccccc3)sc2c1. The van der Waals surface area contributed by atoms with E-state index in [1.807, 2.05) is 48.5 Å². The second kappa shape index (κ2) is 6.06. The van der Waals surface area contributed by atoms with Crippen LogP contribution in [-0.4, -0.2) is 17.9 Å². The van der Waals surface area contributed by atoms with Gasteiger partial charge in [-0.25, -0.2) is 4.98 Å². The summed E-state index contributed by atoms with van der Waals surface area (Å²) in [6.45, 7) is 0. The Morgan fingerprint density at radius 2 is 2.00 bits per heavy atom. The third-order valence-electron chi connectivity index (χ3n) is 3.30. The molecule has 3 aromatic rings. The van der Waals surface area contributed by atoms with Gasteiger partial charge in [-0.1, -0.05) is 30.3 Å². The lowest BCUT2D eigenvalue weighted by Crippen LogP contribution is -2.00. The molecule has 0 fully saturated rings. The summed E-state index contributed by atoms with van der Waals surface area (Å²) in [4.78, 5) is 16.7. The van der Waals surface area contributed by atoms with E-state index in [9.17, 15) is 4.79 Å². The van der Waals surface area contributed by atoms with Crippen molar-refractivity contribution < 1.29 is 9.53 Å². The molecule has 0 radical (unpaired) electrons. The van der Waals surface area contributed by atoms with Gasteiger partial charge in [-0.2, -0.15) is 0 Å². The van der Waals surface area contributed by atoms with Gasteiger partial charge in [0, 0.05) is 18.4 Å². The van der Waals surface area contributed by atoms with E-state index in [2.05, 4.69) is 4.98 Å². The standard InChI is InChI=1S/C17H15NO2S/c1-20-13-7-8-14-16(11-13)21-17(18-14)10-9-15(19)12-5-3-2-4-6-12/h2-8,11H,9-10H2,1H3. The molecule has 0 aliphatic rings. The quantitative estimate of drug-likeness (QED) is 0.665. The summed E-state index contributed by atoms with van der Waals surface area (Å²) >= 11 is 1.62. The van der Waals surface area contributed by atoms with Gasteiger partial charge in [0.1, 0.15) is 5.75 Å². The second-order valence-corrected chi connectivity index (χ2v) is 5.85. The van der Waals surface area contributed by atoms with Crippen LogP contribution >= 0.6 is 11.3 Å². The zero-order valence-corrected chi connectivity index (χ0v) is 12.5. The van der Waals surface area contributed by atoms with E-state index in [1.165, 1.54) is 0 Å². The summed E-state index contributed by atoms with van der Waals surface area (Å²) < 4.78 is 6.31. The van der Waals surface area contributed by atoms with Crippen LogP contribution in [0.3, 0.4) is 0 Å². The number of aromatic nitrogens is 1. The van der Waals surface area contributed by atoms with Crippen molar-refractivity contribution in [1.29, 1.82) is 0 Å². The Balaban J connectivity index is 1.72. The Kier molecular flexibility index (Phi) is 3.97. The maximum absolute atomic E-state index is 12.1. The van der Waals surface area contributed by atoms with Gasteiger partial charge in [-0.3, -0.25) is 4.79 Å². The highest BCUT2D eigenvalue weighted by Crippen LogP contribution is 2.27. The number of carbonyl (C=O) groups excluding carboxylic acids is 1. The fourth-order valence-electron chi connectivity index (χ4n) is 2.18. The van der Waals surface area contributed by atoms with Crippen molar-refractivity contribution >= 4 is 27.3 Å². The lowest BCUT2D eigenvalue weighted by Gasteiger charge is -1.98. The first kappa shape index (κ1) is 13.8. The molecule has 1 aromatic heterocycles. The summed E-state index contributed by atoms with van der Waals surface area (Å²) in [5.74, 6) is 0.991. The van der Waals surface area contributed by atoms with E-state index in [0.29, 0.717) is 12.8 Å². The molecule has 0 amide bonds. The molecule has 0 unspecified atom stereocenters. The molecule has 2 aromatic carbocycles. The van der Waals surface area contributed by atoms with E-state index in [-0.39, 0.29) is 5.78 Å². The predicted octanol–water partition coefficient (Wildman–Crippen LogP) is 4.12. The first-order valence-corrected chi connectivity index (χ1v) is 7.59. The van der Waals surface area contributed by atoms with Crippen LogP contribution < -0.4 is 4.74 Å². The number of thiazole rings is 1. The van der Waals surface area contributed by atoms with Crippen LogP contribution in [0, 0.1) is 0 Å². The van der Waals surface area contributed by atoms with Crippen molar-refractivity contribution in [2.75, 3.05) is 7.11 Å². The highest BCUT2D eigenvalue weighted by molar-refractivity contribution is 7.18. The summed E-state index contributed by atoms with van der Waals surface area (Å²) in [5.41, 5.74) is 1.73. The molecule has 4 heteroatoms. The van der Waals surface area contributed by atoms with Gasteiger partial charge < -0.3 is 4.74 Å². The zero-order chi connectivity index (χ0) is 14.7. The Morgan fingerprint density at radius 1 is 1.19 bits per heavy atom. The highest BCUT2D eigenvalue weighted by Gasteiger charge is 2.09. The summed E-state index contributed by atoms with van der Waals surface area (Å²) in [6.07, 6.45) is 1.16. The third-order valence-corrected chi connectivity index (χ3v) is 4.38. The first-order chi connectivity index (χ1) is 10.3. The molecular formula is C17H15NO2S. The largest absolute Gasteiger partial charge is 0.497 e. The van der Waals surface area contributed by atoms with Crippen molar-refractivity contribution in [2.45, 2.75) is 12.8 Å². The van der Waals surface area contributed by atoms with Crippen molar-refractivity contribution in [2.24, 2.45) is 0 Å². The predicted molar refractivity (Wildman–Crippen MR) is 85.3 cm³/mol. The lowest BCUT2D eigenvalue weighted by molar-refractivity contribution is 0.0983. The van der Waals surface area contributed by atoms with Crippen LogP contribution in [0.25, 0.3) is 10.2 Å². The smallest absolute Gasteiger partial charge is 0.163 e. The average molecular weight is 297 g/mol. The van der Waals surface area contributed by atoms with Crippen LogP contribution in [0.5, 0.6) is 5.75 Å². The minimum absolute atomic E-state index is 0.160. The number of rotatable bonds is 5. The van der Waals surface area contributed by atoms with Crippen molar-refractivity contribution in [3.63, 3.8) is 0 Å². The van der Waals surface area contributed by atoms with Crippen molar-refractivity contribution in [3.05, 3.63) is 59.1 Å². The fourth-order valence-corrected chi connectivity index (χ4v) is 3.17. The molecule has 0 aliphatic heterocycles. The number of benzene rings is 2. The molecule has 0 saturated heterocycles. The molecule has 21 heavy (non-hydrogen) atoms.